The maximum atomic E-state index is 12.4. The van der Waals surface area contributed by atoms with Crippen LogP contribution in [-0.2, 0) is 18.4 Å². The van der Waals surface area contributed by atoms with Gasteiger partial charge >= 0.3 is 0 Å². The van der Waals surface area contributed by atoms with Crippen molar-refractivity contribution in [3.63, 3.8) is 0 Å². The molecule has 0 bridgehead atoms. The Morgan fingerprint density at radius 2 is 1.97 bits per heavy atom. The molecular weight excluding hydrogens is 458 g/mol. The monoisotopic (exact) mass is 481 g/mol. The molecule has 4 aromatic rings. The molecule has 10 heteroatoms. The van der Waals surface area contributed by atoms with E-state index in [9.17, 15) is 4.79 Å². The number of hydrogen-bond donors (Lipinski definition) is 1. The predicted molar refractivity (Wildman–Crippen MR) is 130 cm³/mol. The number of methoxy groups -OCH3 is 1. The molecule has 0 spiro atoms. The fourth-order valence-corrected chi connectivity index (χ4v) is 4.46. The Balaban J connectivity index is 1.30. The number of carbonyl (C=O) groups is 1. The number of aromatic nitrogens is 4. The van der Waals surface area contributed by atoms with Gasteiger partial charge in [-0.1, -0.05) is 48.2 Å². The highest BCUT2D eigenvalue weighted by Crippen LogP contribution is 2.29. The van der Waals surface area contributed by atoms with Crippen LogP contribution in [0.25, 0.3) is 11.3 Å². The van der Waals surface area contributed by atoms with Gasteiger partial charge in [0.15, 0.2) is 27.6 Å². The summed E-state index contributed by atoms with van der Waals surface area (Å²) >= 11 is 2.70. The number of anilines is 1. The van der Waals surface area contributed by atoms with Crippen molar-refractivity contribution in [2.45, 2.75) is 18.7 Å². The van der Waals surface area contributed by atoms with E-state index in [1.807, 2.05) is 72.4 Å². The van der Waals surface area contributed by atoms with Crippen molar-refractivity contribution in [1.29, 1.82) is 0 Å². The average molecular weight is 482 g/mol. The topological polar surface area (TPSA) is 91.2 Å². The van der Waals surface area contributed by atoms with Gasteiger partial charge in [-0.15, -0.1) is 21.5 Å². The van der Waals surface area contributed by atoms with Crippen molar-refractivity contribution in [1.82, 2.24) is 19.7 Å². The van der Waals surface area contributed by atoms with E-state index in [2.05, 4.69) is 20.5 Å². The smallest absolute Gasteiger partial charge is 0.236 e. The number of amides is 1. The summed E-state index contributed by atoms with van der Waals surface area (Å²) in [5.74, 6) is 1.99. The van der Waals surface area contributed by atoms with E-state index in [1.54, 1.807) is 7.11 Å². The van der Waals surface area contributed by atoms with Gasteiger partial charge < -0.3 is 19.4 Å². The summed E-state index contributed by atoms with van der Waals surface area (Å²) in [6.45, 7) is 2.22. The Hall–Kier alpha value is -3.37. The lowest BCUT2D eigenvalue weighted by Gasteiger charge is -2.11. The summed E-state index contributed by atoms with van der Waals surface area (Å²) in [6.07, 6.45) is 0. The minimum atomic E-state index is -0.154. The Morgan fingerprint density at radius 1 is 1.15 bits per heavy atom. The molecule has 0 radical (unpaired) electrons. The van der Waals surface area contributed by atoms with E-state index >= 15 is 0 Å². The van der Waals surface area contributed by atoms with Gasteiger partial charge in [0.25, 0.3) is 0 Å². The van der Waals surface area contributed by atoms with Crippen LogP contribution in [0.3, 0.4) is 0 Å². The van der Waals surface area contributed by atoms with Crippen LogP contribution in [0.5, 0.6) is 11.5 Å². The summed E-state index contributed by atoms with van der Waals surface area (Å²) in [4.78, 5) is 16.9. The first-order chi connectivity index (χ1) is 16.0. The second-order valence-corrected chi connectivity index (χ2v) is 8.94. The molecule has 0 aliphatic rings. The third-order valence-electron chi connectivity index (χ3n) is 4.75. The highest BCUT2D eigenvalue weighted by molar-refractivity contribution is 7.99. The first kappa shape index (κ1) is 22.8. The Bertz CT molecular complexity index is 1240. The van der Waals surface area contributed by atoms with Crippen LogP contribution in [0.4, 0.5) is 5.13 Å². The maximum Gasteiger partial charge on any atom is 0.236 e. The fraction of sp³-hybridized carbons (Fsp3) is 0.217. The van der Waals surface area contributed by atoms with Gasteiger partial charge in [0.05, 0.1) is 18.6 Å². The van der Waals surface area contributed by atoms with E-state index < -0.39 is 0 Å². The van der Waals surface area contributed by atoms with Crippen molar-refractivity contribution in [2.24, 2.45) is 7.05 Å². The zero-order valence-corrected chi connectivity index (χ0v) is 20.1. The highest BCUT2D eigenvalue weighted by atomic mass is 32.2. The van der Waals surface area contributed by atoms with Crippen LogP contribution in [0.2, 0.25) is 0 Å². The number of nitrogens with one attached hydrogen (secondary N) is 1. The van der Waals surface area contributed by atoms with Crippen LogP contribution < -0.4 is 14.8 Å². The maximum absolute atomic E-state index is 12.4. The molecule has 33 heavy (non-hydrogen) atoms. The minimum Gasteiger partial charge on any atom is -0.493 e. The number of thiazole rings is 1. The van der Waals surface area contributed by atoms with Crippen LogP contribution in [0, 0.1) is 6.92 Å². The van der Waals surface area contributed by atoms with Gasteiger partial charge in [0, 0.05) is 18.0 Å². The van der Waals surface area contributed by atoms with Gasteiger partial charge in [-0.2, -0.15) is 0 Å². The Labute approximate surface area is 200 Å². The second-order valence-electron chi connectivity index (χ2n) is 7.14. The molecule has 0 aliphatic heterocycles. The summed E-state index contributed by atoms with van der Waals surface area (Å²) in [5, 5.41) is 14.3. The lowest BCUT2D eigenvalue weighted by atomic mass is 10.2. The van der Waals surface area contributed by atoms with Gasteiger partial charge in [0.2, 0.25) is 5.91 Å². The highest BCUT2D eigenvalue weighted by Gasteiger charge is 2.14. The fourth-order valence-electron chi connectivity index (χ4n) is 2.99. The molecule has 0 unspecified atom stereocenters. The van der Waals surface area contributed by atoms with Gasteiger partial charge in [-0.25, -0.2) is 4.98 Å². The molecule has 1 amide bonds. The Morgan fingerprint density at radius 3 is 2.76 bits per heavy atom. The van der Waals surface area contributed by atoms with E-state index in [0.29, 0.717) is 27.6 Å². The predicted octanol–water partition coefficient (Wildman–Crippen LogP) is 4.57. The van der Waals surface area contributed by atoms with Crippen LogP contribution in [-0.4, -0.2) is 38.5 Å². The first-order valence-corrected chi connectivity index (χ1v) is 12.0. The van der Waals surface area contributed by atoms with Gasteiger partial charge in [0.1, 0.15) is 6.61 Å². The number of nitrogens with zero attached hydrogens (tertiary/aromatic N) is 4. The number of rotatable bonds is 9. The first-order valence-electron chi connectivity index (χ1n) is 10.1. The molecule has 2 aromatic heterocycles. The molecule has 2 heterocycles. The largest absolute Gasteiger partial charge is 0.493 e. The molecule has 0 saturated carbocycles. The van der Waals surface area contributed by atoms with E-state index in [4.69, 9.17) is 9.47 Å². The third-order valence-corrected chi connectivity index (χ3v) is 6.53. The number of hydrogen-bond acceptors (Lipinski definition) is 8. The lowest BCUT2D eigenvalue weighted by molar-refractivity contribution is -0.113. The molecule has 170 valence electrons. The van der Waals surface area contributed by atoms with Crippen LogP contribution in [0.15, 0.2) is 59.1 Å². The molecule has 0 atom stereocenters. The van der Waals surface area contributed by atoms with Crippen molar-refractivity contribution in [2.75, 3.05) is 18.2 Å². The van der Waals surface area contributed by atoms with Gasteiger partial charge in [-0.05, 0) is 24.6 Å². The standard InChI is InChI=1S/C23H23N5O3S2/c1-15-9-10-18(19(11-15)30-3)31-12-20-26-27-23(28(20)2)33-14-21(29)25-22-24-17(13-32-22)16-7-5-4-6-8-16/h4-11,13H,12,14H2,1-3H3,(H,24,25,29). The summed E-state index contributed by atoms with van der Waals surface area (Å²) in [7, 11) is 3.45. The zero-order chi connectivity index (χ0) is 23.2. The molecule has 0 fully saturated rings. The van der Waals surface area contributed by atoms with Gasteiger partial charge in [-0.3, -0.25) is 4.79 Å². The number of ether oxygens (including phenoxy) is 2. The van der Waals surface area contributed by atoms with E-state index in [-0.39, 0.29) is 18.3 Å². The molecular formula is C23H23N5O3S2. The van der Waals surface area contributed by atoms with Crippen molar-refractivity contribution in [3.05, 3.63) is 65.3 Å². The molecule has 1 N–H and O–H groups in total. The normalized spacial score (nSPS) is 10.8. The molecule has 0 aliphatic carbocycles. The second kappa shape index (κ2) is 10.5. The van der Waals surface area contributed by atoms with Crippen molar-refractivity contribution in [3.8, 4) is 22.8 Å². The zero-order valence-electron chi connectivity index (χ0n) is 18.4. The number of benzene rings is 2. The van der Waals surface area contributed by atoms with E-state index in [1.165, 1.54) is 23.1 Å². The summed E-state index contributed by atoms with van der Waals surface area (Å²) in [5.41, 5.74) is 2.94. The minimum absolute atomic E-state index is 0.154. The third kappa shape index (κ3) is 5.71. The number of aryl methyl sites for hydroxylation is 1. The molecule has 2 aromatic carbocycles. The molecule has 0 saturated heterocycles. The summed E-state index contributed by atoms with van der Waals surface area (Å²) < 4.78 is 13.0. The summed E-state index contributed by atoms with van der Waals surface area (Å²) in [6, 6.07) is 15.6. The lowest BCUT2D eigenvalue weighted by Crippen LogP contribution is -2.14. The van der Waals surface area contributed by atoms with E-state index in [0.717, 1.165) is 16.8 Å². The van der Waals surface area contributed by atoms with Crippen LogP contribution >= 0.6 is 23.1 Å². The quantitative estimate of drug-likeness (QED) is 0.350. The van der Waals surface area contributed by atoms with Crippen LogP contribution in [0.1, 0.15) is 11.4 Å². The molecule has 4 rings (SSSR count). The van der Waals surface area contributed by atoms with Crippen molar-refractivity contribution >= 4 is 34.1 Å². The number of carbonyl (C=O) groups excluding carboxylic acids is 1. The molecule has 8 nitrogen and oxygen atoms in total. The van der Waals surface area contributed by atoms with Crippen molar-refractivity contribution < 1.29 is 14.3 Å². The number of thioether (sulfide) groups is 1. The Kier molecular flexibility index (Phi) is 7.26. The average Bonchev–Trinajstić information content (AvgIpc) is 3.44. The SMILES string of the molecule is COc1cc(C)ccc1OCc1nnc(SCC(=O)Nc2nc(-c3ccccc3)cs2)n1C.